The molecule has 0 spiro atoms. The van der Waals surface area contributed by atoms with Crippen molar-refractivity contribution in [3.05, 3.63) is 36.4 Å². The molecule has 2 aromatic rings. The SMILES string of the molecule is COc1cccc(-n2cncn2)c1C#N. The van der Waals surface area contributed by atoms with Crippen molar-refractivity contribution < 1.29 is 4.74 Å². The zero-order valence-corrected chi connectivity index (χ0v) is 8.08. The third-order valence-electron chi connectivity index (χ3n) is 2.00. The molecule has 74 valence electrons. The highest BCUT2D eigenvalue weighted by atomic mass is 16.5. The van der Waals surface area contributed by atoms with Crippen LogP contribution < -0.4 is 4.74 Å². The Morgan fingerprint density at radius 3 is 2.93 bits per heavy atom. The van der Waals surface area contributed by atoms with Crippen molar-refractivity contribution in [2.45, 2.75) is 0 Å². The van der Waals surface area contributed by atoms with E-state index < -0.39 is 0 Å². The Morgan fingerprint density at radius 2 is 2.33 bits per heavy atom. The minimum Gasteiger partial charge on any atom is -0.495 e. The molecular formula is C10H8N4O. The van der Waals surface area contributed by atoms with E-state index >= 15 is 0 Å². The van der Waals surface area contributed by atoms with Crippen LogP contribution in [-0.4, -0.2) is 21.9 Å². The van der Waals surface area contributed by atoms with E-state index in [1.165, 1.54) is 24.4 Å². The molecule has 0 saturated carbocycles. The topological polar surface area (TPSA) is 63.7 Å². The van der Waals surface area contributed by atoms with Crippen molar-refractivity contribution in [1.29, 1.82) is 5.26 Å². The summed E-state index contributed by atoms with van der Waals surface area (Å²) in [5, 5.41) is 13.0. The van der Waals surface area contributed by atoms with Crippen molar-refractivity contribution in [2.24, 2.45) is 0 Å². The van der Waals surface area contributed by atoms with Gasteiger partial charge in [-0.2, -0.15) is 10.4 Å². The monoisotopic (exact) mass is 200 g/mol. The maximum Gasteiger partial charge on any atom is 0.138 e. The third-order valence-corrected chi connectivity index (χ3v) is 2.00. The molecule has 5 heteroatoms. The first-order chi connectivity index (χ1) is 7.36. The van der Waals surface area contributed by atoms with Crippen molar-refractivity contribution in [2.75, 3.05) is 7.11 Å². The van der Waals surface area contributed by atoms with Gasteiger partial charge in [-0.3, -0.25) is 0 Å². The predicted octanol–water partition coefficient (Wildman–Crippen LogP) is 1.15. The molecule has 0 N–H and O–H groups in total. The highest BCUT2D eigenvalue weighted by Gasteiger charge is 2.09. The van der Waals surface area contributed by atoms with Crippen LogP contribution in [0.25, 0.3) is 5.69 Å². The molecular weight excluding hydrogens is 192 g/mol. The Labute approximate surface area is 86.6 Å². The molecule has 0 atom stereocenters. The quantitative estimate of drug-likeness (QED) is 0.729. The van der Waals surface area contributed by atoms with Gasteiger partial charge in [-0.05, 0) is 12.1 Å². The number of methoxy groups -OCH3 is 1. The smallest absolute Gasteiger partial charge is 0.138 e. The van der Waals surface area contributed by atoms with Gasteiger partial charge in [0.1, 0.15) is 30.0 Å². The summed E-state index contributed by atoms with van der Waals surface area (Å²) in [6.07, 6.45) is 2.95. The van der Waals surface area contributed by atoms with Gasteiger partial charge in [-0.1, -0.05) is 6.07 Å². The first kappa shape index (κ1) is 9.21. The Morgan fingerprint density at radius 1 is 1.47 bits per heavy atom. The van der Waals surface area contributed by atoms with Crippen molar-refractivity contribution in [1.82, 2.24) is 14.8 Å². The van der Waals surface area contributed by atoms with E-state index in [9.17, 15) is 0 Å². The minimum atomic E-state index is 0.450. The molecule has 0 saturated heterocycles. The first-order valence-electron chi connectivity index (χ1n) is 4.29. The number of benzene rings is 1. The third kappa shape index (κ3) is 1.53. The molecule has 0 radical (unpaired) electrons. The van der Waals surface area contributed by atoms with Gasteiger partial charge in [0.25, 0.3) is 0 Å². The summed E-state index contributed by atoms with van der Waals surface area (Å²) in [6.45, 7) is 0. The van der Waals surface area contributed by atoms with Crippen LogP contribution in [-0.2, 0) is 0 Å². The van der Waals surface area contributed by atoms with E-state index in [-0.39, 0.29) is 0 Å². The molecule has 2 rings (SSSR count). The zero-order valence-electron chi connectivity index (χ0n) is 8.08. The lowest BCUT2D eigenvalue weighted by Gasteiger charge is -2.07. The number of hydrogen-bond donors (Lipinski definition) is 0. The van der Waals surface area contributed by atoms with E-state index in [2.05, 4.69) is 16.2 Å². The summed E-state index contributed by atoms with van der Waals surface area (Å²) in [5.74, 6) is 0.533. The standard InChI is InChI=1S/C10H8N4O/c1-15-10-4-2-3-9(8(10)5-11)14-7-12-6-13-14/h2-4,6-7H,1H3. The average Bonchev–Trinajstić information content (AvgIpc) is 2.81. The van der Waals surface area contributed by atoms with Crippen LogP contribution in [0.4, 0.5) is 0 Å². The lowest BCUT2D eigenvalue weighted by atomic mass is 10.2. The molecule has 0 aliphatic heterocycles. The van der Waals surface area contributed by atoms with E-state index in [4.69, 9.17) is 10.00 Å². The van der Waals surface area contributed by atoms with Crippen LogP contribution in [0.2, 0.25) is 0 Å². The molecule has 0 amide bonds. The number of nitrogens with zero attached hydrogens (tertiary/aromatic N) is 4. The summed E-state index contributed by atoms with van der Waals surface area (Å²) in [7, 11) is 1.53. The Kier molecular flexibility index (Phi) is 2.33. The van der Waals surface area contributed by atoms with Crippen molar-refractivity contribution in [3.63, 3.8) is 0 Å². The van der Waals surface area contributed by atoms with Crippen molar-refractivity contribution >= 4 is 0 Å². The fourth-order valence-electron chi connectivity index (χ4n) is 1.33. The van der Waals surface area contributed by atoms with Crippen LogP contribution in [0.15, 0.2) is 30.9 Å². The normalized spacial score (nSPS) is 9.60. The second-order valence-corrected chi connectivity index (χ2v) is 2.81. The summed E-state index contributed by atoms with van der Waals surface area (Å²) in [4.78, 5) is 3.83. The molecule has 0 bridgehead atoms. The predicted molar refractivity (Wildman–Crippen MR) is 52.6 cm³/mol. The zero-order chi connectivity index (χ0) is 10.7. The van der Waals surface area contributed by atoms with Crippen LogP contribution in [0.3, 0.4) is 0 Å². The summed E-state index contributed by atoms with van der Waals surface area (Å²) in [6, 6.07) is 7.41. The summed E-state index contributed by atoms with van der Waals surface area (Å²) < 4.78 is 6.62. The van der Waals surface area contributed by atoms with E-state index in [1.54, 1.807) is 18.2 Å². The first-order valence-corrected chi connectivity index (χ1v) is 4.29. The van der Waals surface area contributed by atoms with Gasteiger partial charge in [0.05, 0.1) is 12.8 Å². The Bertz CT molecular complexity index is 499. The number of hydrogen-bond acceptors (Lipinski definition) is 4. The highest BCUT2D eigenvalue weighted by molar-refractivity contribution is 5.56. The van der Waals surface area contributed by atoms with Gasteiger partial charge in [0.2, 0.25) is 0 Å². The molecule has 0 fully saturated rings. The molecule has 5 nitrogen and oxygen atoms in total. The molecule has 15 heavy (non-hydrogen) atoms. The van der Waals surface area contributed by atoms with Crippen LogP contribution in [0.1, 0.15) is 5.56 Å². The highest BCUT2D eigenvalue weighted by Crippen LogP contribution is 2.23. The Hall–Kier alpha value is -2.35. The van der Waals surface area contributed by atoms with E-state index in [0.29, 0.717) is 17.0 Å². The largest absolute Gasteiger partial charge is 0.495 e. The van der Waals surface area contributed by atoms with Crippen molar-refractivity contribution in [3.8, 4) is 17.5 Å². The lowest BCUT2D eigenvalue weighted by Crippen LogP contribution is -1.99. The maximum absolute atomic E-state index is 9.04. The number of rotatable bonds is 2. The van der Waals surface area contributed by atoms with Gasteiger partial charge in [-0.25, -0.2) is 9.67 Å². The molecule has 0 aliphatic carbocycles. The van der Waals surface area contributed by atoms with Crippen LogP contribution >= 0.6 is 0 Å². The summed E-state index contributed by atoms with van der Waals surface area (Å²) in [5.41, 5.74) is 1.11. The average molecular weight is 200 g/mol. The van der Waals surface area contributed by atoms with Gasteiger partial charge in [0, 0.05) is 0 Å². The van der Waals surface area contributed by atoms with Crippen LogP contribution in [0, 0.1) is 11.3 Å². The Balaban J connectivity index is 2.63. The fourth-order valence-corrected chi connectivity index (χ4v) is 1.33. The van der Waals surface area contributed by atoms with Gasteiger partial charge < -0.3 is 4.74 Å². The fraction of sp³-hybridized carbons (Fsp3) is 0.100. The summed E-state index contributed by atoms with van der Waals surface area (Å²) >= 11 is 0. The minimum absolute atomic E-state index is 0.450. The van der Waals surface area contributed by atoms with E-state index in [0.717, 1.165) is 0 Å². The number of nitriles is 1. The van der Waals surface area contributed by atoms with Gasteiger partial charge in [-0.15, -0.1) is 0 Å². The molecule has 0 aliphatic rings. The molecule has 1 aromatic heterocycles. The maximum atomic E-state index is 9.04. The lowest BCUT2D eigenvalue weighted by molar-refractivity contribution is 0.413. The number of ether oxygens (including phenoxy) is 1. The second kappa shape index (κ2) is 3.80. The van der Waals surface area contributed by atoms with Gasteiger partial charge >= 0.3 is 0 Å². The number of aromatic nitrogens is 3. The van der Waals surface area contributed by atoms with Gasteiger partial charge in [0.15, 0.2) is 0 Å². The van der Waals surface area contributed by atoms with E-state index in [1.807, 2.05) is 0 Å². The molecule has 1 aromatic carbocycles. The second-order valence-electron chi connectivity index (χ2n) is 2.81. The van der Waals surface area contributed by atoms with Crippen LogP contribution in [0.5, 0.6) is 5.75 Å². The molecule has 0 unspecified atom stereocenters. The molecule has 1 heterocycles.